The molecule has 0 radical (unpaired) electrons. The molecule has 0 aromatic heterocycles. The van der Waals surface area contributed by atoms with E-state index in [0.717, 1.165) is 19.6 Å². The van der Waals surface area contributed by atoms with Gasteiger partial charge < -0.3 is 20.7 Å². The molecule has 7 heteroatoms. The van der Waals surface area contributed by atoms with Gasteiger partial charge in [0.2, 0.25) is 0 Å². The van der Waals surface area contributed by atoms with Crippen LogP contribution in [0.3, 0.4) is 0 Å². The summed E-state index contributed by atoms with van der Waals surface area (Å²) in [5.74, 6) is 1.40. The molecule has 3 N–H and O–H groups in total. The van der Waals surface area contributed by atoms with Crippen LogP contribution in [0.1, 0.15) is 0 Å². The zero-order chi connectivity index (χ0) is 10.3. The van der Waals surface area contributed by atoms with E-state index in [2.05, 4.69) is 16.0 Å². The average Bonchev–Trinajstić information content (AvgIpc) is 2.75. The Morgan fingerprint density at radius 3 is 2.41 bits per heavy atom. The van der Waals surface area contributed by atoms with Gasteiger partial charge in [-0.25, -0.2) is 0 Å². The summed E-state index contributed by atoms with van der Waals surface area (Å²) >= 11 is 0. The quantitative estimate of drug-likeness (QED) is 0.618. The summed E-state index contributed by atoms with van der Waals surface area (Å²) in [5.41, 5.74) is 0. The molecule has 3 rings (SSSR count). The first kappa shape index (κ1) is 15.0. The fraction of sp³-hybridized carbons (Fsp3) is 0.900. The lowest BCUT2D eigenvalue weighted by atomic mass is 10.3. The fourth-order valence-electron chi connectivity index (χ4n) is 2.62. The number of piperidine rings is 1. The zero-order valence-electron chi connectivity index (χ0n) is 9.48. The van der Waals surface area contributed by atoms with Crippen molar-refractivity contribution in [2.45, 2.75) is 12.1 Å². The van der Waals surface area contributed by atoms with E-state index in [4.69, 9.17) is 4.74 Å². The number of carbonyl (C=O) groups is 1. The largest absolute Gasteiger partial charge is 0.366 e. The summed E-state index contributed by atoms with van der Waals surface area (Å²) in [4.78, 5) is 11.8. The van der Waals surface area contributed by atoms with Crippen molar-refractivity contribution in [2.24, 2.45) is 11.8 Å². The molecule has 0 aromatic carbocycles. The highest BCUT2D eigenvalue weighted by Crippen LogP contribution is 2.41. The van der Waals surface area contributed by atoms with Gasteiger partial charge in [0.1, 0.15) is 6.10 Å². The van der Waals surface area contributed by atoms with E-state index in [1.807, 2.05) is 0 Å². The minimum Gasteiger partial charge on any atom is -0.366 e. The highest BCUT2D eigenvalue weighted by molar-refractivity contribution is 5.85. The molecular formula is C10H19Cl2N3O2. The number of ether oxygens (including phenoxy) is 1. The summed E-state index contributed by atoms with van der Waals surface area (Å²) < 4.78 is 5.40. The summed E-state index contributed by atoms with van der Waals surface area (Å²) in [6, 6.07) is 0.407. The van der Waals surface area contributed by atoms with Gasteiger partial charge in [0, 0.05) is 32.2 Å². The number of carbonyl (C=O) groups excluding carboxylic acids is 1. The number of rotatable bonds is 2. The van der Waals surface area contributed by atoms with E-state index in [1.165, 1.54) is 0 Å². The van der Waals surface area contributed by atoms with Gasteiger partial charge in [0.25, 0.3) is 5.91 Å². The first-order chi connectivity index (χ1) is 7.36. The Hall–Kier alpha value is -0.0700. The molecule has 0 spiro atoms. The van der Waals surface area contributed by atoms with E-state index >= 15 is 0 Å². The van der Waals surface area contributed by atoms with E-state index in [-0.39, 0.29) is 36.8 Å². The van der Waals surface area contributed by atoms with Crippen LogP contribution in [-0.2, 0) is 9.53 Å². The Morgan fingerprint density at radius 2 is 1.82 bits per heavy atom. The predicted octanol–water partition coefficient (Wildman–Crippen LogP) is -0.848. The van der Waals surface area contributed by atoms with Crippen LogP contribution >= 0.6 is 24.8 Å². The van der Waals surface area contributed by atoms with Gasteiger partial charge in [-0.3, -0.25) is 4.79 Å². The van der Waals surface area contributed by atoms with Crippen molar-refractivity contribution in [1.29, 1.82) is 0 Å². The molecule has 3 atom stereocenters. The van der Waals surface area contributed by atoms with E-state index in [1.54, 1.807) is 0 Å². The Bertz CT molecular complexity index is 264. The molecule has 2 saturated heterocycles. The van der Waals surface area contributed by atoms with Crippen LogP contribution in [0.4, 0.5) is 0 Å². The second-order valence-electron chi connectivity index (χ2n) is 4.58. The predicted molar refractivity (Wildman–Crippen MR) is 68.9 cm³/mol. The van der Waals surface area contributed by atoms with Crippen molar-refractivity contribution in [3.8, 4) is 0 Å². The van der Waals surface area contributed by atoms with Gasteiger partial charge in [-0.2, -0.15) is 0 Å². The van der Waals surface area contributed by atoms with Gasteiger partial charge in [-0.15, -0.1) is 24.8 Å². The Balaban J connectivity index is 0.000000722. The molecule has 0 aromatic rings. The van der Waals surface area contributed by atoms with Gasteiger partial charge >= 0.3 is 0 Å². The van der Waals surface area contributed by atoms with E-state index in [0.29, 0.717) is 31.0 Å². The molecule has 5 nitrogen and oxygen atoms in total. The maximum atomic E-state index is 11.8. The minimum atomic E-state index is -0.284. The molecule has 1 saturated carbocycles. The van der Waals surface area contributed by atoms with Crippen LogP contribution in [0, 0.1) is 11.8 Å². The van der Waals surface area contributed by atoms with E-state index < -0.39 is 0 Å². The lowest BCUT2D eigenvalue weighted by Crippen LogP contribution is -2.49. The first-order valence-corrected chi connectivity index (χ1v) is 5.69. The minimum absolute atomic E-state index is 0. The summed E-state index contributed by atoms with van der Waals surface area (Å²) in [5, 5.41) is 9.55. The maximum absolute atomic E-state index is 11.8. The normalized spacial score (nSPS) is 38.4. The van der Waals surface area contributed by atoms with E-state index in [9.17, 15) is 4.79 Å². The zero-order valence-corrected chi connectivity index (χ0v) is 11.1. The molecule has 2 unspecified atom stereocenters. The lowest BCUT2D eigenvalue weighted by molar-refractivity contribution is -0.134. The lowest BCUT2D eigenvalue weighted by Gasteiger charge is -2.23. The number of hydrogen-bond donors (Lipinski definition) is 3. The molecule has 3 fully saturated rings. The number of fused-ring (bicyclic) bond motifs is 1. The molecule has 2 heterocycles. The topological polar surface area (TPSA) is 62.4 Å². The van der Waals surface area contributed by atoms with Crippen LogP contribution < -0.4 is 16.0 Å². The smallest absolute Gasteiger partial charge is 0.250 e. The van der Waals surface area contributed by atoms with Crippen molar-refractivity contribution in [2.75, 3.05) is 32.8 Å². The molecule has 100 valence electrons. The van der Waals surface area contributed by atoms with Crippen LogP contribution in [0.15, 0.2) is 0 Å². The third-order valence-electron chi connectivity index (χ3n) is 3.62. The third kappa shape index (κ3) is 3.03. The standard InChI is InChI=1S/C10H17N3O2.2ClH/c14-10(8-5-11-1-2-15-8)13-9-6-3-12-4-7(6)9;;/h6-9,11-12H,1-5H2,(H,13,14);2*1H/t6?,7?,8-,9?;;/m1../s1. The molecule has 17 heavy (non-hydrogen) atoms. The first-order valence-electron chi connectivity index (χ1n) is 5.69. The van der Waals surface area contributed by atoms with Crippen molar-refractivity contribution in [3.63, 3.8) is 0 Å². The maximum Gasteiger partial charge on any atom is 0.250 e. The number of hydrogen-bond acceptors (Lipinski definition) is 4. The second kappa shape index (κ2) is 6.20. The third-order valence-corrected chi connectivity index (χ3v) is 3.62. The highest BCUT2D eigenvalue weighted by atomic mass is 35.5. The molecule has 0 bridgehead atoms. The van der Waals surface area contributed by atoms with Gasteiger partial charge in [0.15, 0.2) is 0 Å². The number of halogens is 2. The Kier molecular flexibility index (Phi) is 5.47. The van der Waals surface area contributed by atoms with Crippen LogP contribution in [-0.4, -0.2) is 50.8 Å². The Labute approximate surface area is 113 Å². The molecular weight excluding hydrogens is 265 g/mol. The average molecular weight is 284 g/mol. The van der Waals surface area contributed by atoms with Gasteiger partial charge in [0.05, 0.1) is 6.61 Å². The van der Waals surface area contributed by atoms with Crippen LogP contribution in [0.2, 0.25) is 0 Å². The monoisotopic (exact) mass is 283 g/mol. The van der Waals surface area contributed by atoms with Crippen LogP contribution in [0.5, 0.6) is 0 Å². The molecule has 3 aliphatic rings. The fourth-order valence-corrected chi connectivity index (χ4v) is 2.62. The summed E-state index contributed by atoms with van der Waals surface area (Å²) in [6.07, 6.45) is -0.284. The molecule has 2 aliphatic heterocycles. The van der Waals surface area contributed by atoms with Crippen molar-refractivity contribution >= 4 is 30.7 Å². The number of morpholine rings is 1. The number of nitrogens with one attached hydrogen (secondary N) is 3. The van der Waals surface area contributed by atoms with Crippen molar-refractivity contribution in [1.82, 2.24) is 16.0 Å². The summed E-state index contributed by atoms with van der Waals surface area (Å²) in [6.45, 7) is 4.24. The summed E-state index contributed by atoms with van der Waals surface area (Å²) in [7, 11) is 0. The van der Waals surface area contributed by atoms with Crippen LogP contribution in [0.25, 0.3) is 0 Å². The highest BCUT2D eigenvalue weighted by Gasteiger charge is 2.53. The molecule has 1 aliphatic carbocycles. The SMILES string of the molecule is Cl.Cl.O=C(NC1C2CNCC21)[C@H]1CNCCO1. The Morgan fingerprint density at radius 1 is 1.12 bits per heavy atom. The van der Waals surface area contributed by atoms with Gasteiger partial charge in [-0.1, -0.05) is 0 Å². The van der Waals surface area contributed by atoms with Crippen molar-refractivity contribution in [3.05, 3.63) is 0 Å². The van der Waals surface area contributed by atoms with Gasteiger partial charge in [-0.05, 0) is 11.8 Å². The number of amides is 1. The second-order valence-corrected chi connectivity index (χ2v) is 4.58. The van der Waals surface area contributed by atoms with Crippen molar-refractivity contribution < 1.29 is 9.53 Å². The molecule has 1 amide bonds.